The van der Waals surface area contributed by atoms with E-state index in [2.05, 4.69) is 33.8 Å². The van der Waals surface area contributed by atoms with E-state index in [0.29, 0.717) is 35.7 Å². The van der Waals surface area contributed by atoms with Gasteiger partial charge in [0.2, 0.25) is 0 Å². The summed E-state index contributed by atoms with van der Waals surface area (Å²) in [6.45, 7) is 9.92. The van der Waals surface area contributed by atoms with Crippen LogP contribution in [0.5, 0.6) is 0 Å². The second-order valence-corrected chi connectivity index (χ2v) is 12.2. The average Bonchev–Trinajstić information content (AvgIpc) is 3.06. The molecule has 0 saturated heterocycles. The van der Waals surface area contributed by atoms with Crippen LogP contribution >= 0.6 is 0 Å². The van der Waals surface area contributed by atoms with Crippen molar-refractivity contribution in [3.8, 4) is 0 Å². The van der Waals surface area contributed by atoms with Gasteiger partial charge in [0, 0.05) is 6.61 Å². The smallest absolute Gasteiger partial charge is 0.0757 e. The van der Waals surface area contributed by atoms with Crippen molar-refractivity contribution in [1.29, 1.82) is 0 Å². The Morgan fingerprint density at radius 1 is 1.00 bits per heavy atom. The van der Waals surface area contributed by atoms with Crippen LogP contribution in [0, 0.1) is 46.3 Å². The zero-order valence-electron chi connectivity index (χ0n) is 19.8. The molecule has 3 nitrogen and oxygen atoms in total. The molecule has 0 aromatic heterocycles. The molecule has 0 amide bonds. The van der Waals surface area contributed by atoms with Gasteiger partial charge in [0.1, 0.15) is 0 Å². The highest BCUT2D eigenvalue weighted by atomic mass is 16.3. The molecule has 4 rings (SSSR count). The lowest BCUT2D eigenvalue weighted by molar-refractivity contribution is -0.0971. The first-order valence-corrected chi connectivity index (χ1v) is 12.9. The first-order chi connectivity index (χ1) is 14.2. The molecule has 3 heteroatoms. The largest absolute Gasteiger partial charge is 0.396 e. The summed E-state index contributed by atoms with van der Waals surface area (Å²) in [5.41, 5.74) is 1.90. The molecule has 4 aliphatic rings. The van der Waals surface area contributed by atoms with E-state index < -0.39 is 0 Å². The Morgan fingerprint density at radius 2 is 1.77 bits per heavy atom. The van der Waals surface area contributed by atoms with E-state index in [1.165, 1.54) is 44.1 Å². The van der Waals surface area contributed by atoms with Gasteiger partial charge in [-0.2, -0.15) is 0 Å². The van der Waals surface area contributed by atoms with E-state index in [9.17, 15) is 15.3 Å². The highest BCUT2D eigenvalue weighted by Gasteiger charge is 2.61. The van der Waals surface area contributed by atoms with Gasteiger partial charge in [-0.15, -0.1) is 0 Å². The molecule has 3 fully saturated rings. The molecule has 10 atom stereocenters. The quantitative estimate of drug-likeness (QED) is 0.511. The normalized spacial score (nSPS) is 47.6. The van der Waals surface area contributed by atoms with Crippen LogP contribution in [0.15, 0.2) is 11.6 Å². The number of fused-ring (bicyclic) bond motifs is 5. The van der Waals surface area contributed by atoms with E-state index in [1.54, 1.807) is 0 Å². The second kappa shape index (κ2) is 8.52. The zero-order valence-corrected chi connectivity index (χ0v) is 19.8. The van der Waals surface area contributed by atoms with E-state index in [1.807, 2.05) is 0 Å². The Kier molecular flexibility index (Phi) is 6.48. The first kappa shape index (κ1) is 22.8. The third-order valence-corrected chi connectivity index (χ3v) is 10.5. The molecule has 4 aliphatic carbocycles. The molecule has 0 aliphatic heterocycles. The summed E-state index contributed by atoms with van der Waals surface area (Å²) in [4.78, 5) is 0. The van der Waals surface area contributed by atoms with Crippen LogP contribution in [-0.4, -0.2) is 34.1 Å². The maximum atomic E-state index is 11.3. The van der Waals surface area contributed by atoms with Crippen molar-refractivity contribution < 1.29 is 15.3 Å². The predicted octanol–water partition coefficient (Wildman–Crippen LogP) is 5.33. The summed E-state index contributed by atoms with van der Waals surface area (Å²) < 4.78 is 0. The van der Waals surface area contributed by atoms with E-state index >= 15 is 0 Å². The standard InChI is InChI=1S/C27H46O3/c1-17(16-28)6-5-7-18(2)21-8-9-22-25-23(11-13-27(21,22)4)26(3)12-10-20(29)14-19(26)15-24(25)30/h15,17-18,20-25,28-30H,5-14,16H2,1-4H3/t17?,18?,20-,21+,22-,23-,24?,25?,26-,27+/m0/s1. The van der Waals surface area contributed by atoms with E-state index in [4.69, 9.17) is 0 Å². The van der Waals surface area contributed by atoms with Gasteiger partial charge < -0.3 is 15.3 Å². The van der Waals surface area contributed by atoms with Crippen LogP contribution in [0.25, 0.3) is 0 Å². The maximum Gasteiger partial charge on any atom is 0.0757 e. The topological polar surface area (TPSA) is 60.7 Å². The molecule has 4 unspecified atom stereocenters. The van der Waals surface area contributed by atoms with E-state index in [-0.39, 0.29) is 17.6 Å². The van der Waals surface area contributed by atoms with Crippen LogP contribution in [0.4, 0.5) is 0 Å². The maximum absolute atomic E-state index is 11.3. The van der Waals surface area contributed by atoms with Crippen molar-refractivity contribution in [1.82, 2.24) is 0 Å². The summed E-state index contributed by atoms with van der Waals surface area (Å²) >= 11 is 0. The Morgan fingerprint density at radius 3 is 2.50 bits per heavy atom. The molecule has 0 spiro atoms. The van der Waals surface area contributed by atoms with Gasteiger partial charge in [-0.1, -0.05) is 52.2 Å². The number of hydrogen-bond acceptors (Lipinski definition) is 3. The third kappa shape index (κ3) is 3.71. The number of aliphatic hydroxyl groups excluding tert-OH is 3. The molecule has 30 heavy (non-hydrogen) atoms. The van der Waals surface area contributed by atoms with E-state index in [0.717, 1.165) is 37.5 Å². The van der Waals surface area contributed by atoms with Crippen molar-refractivity contribution in [2.75, 3.05) is 6.61 Å². The lowest BCUT2D eigenvalue weighted by Gasteiger charge is -2.59. The average molecular weight is 419 g/mol. The fourth-order valence-corrected chi connectivity index (χ4v) is 8.69. The summed E-state index contributed by atoms with van der Waals surface area (Å²) in [5, 5.41) is 30.8. The number of aliphatic hydroxyl groups is 3. The molecule has 3 saturated carbocycles. The van der Waals surface area contributed by atoms with Gasteiger partial charge in [-0.05, 0) is 97.7 Å². The SMILES string of the molecule is CC(CO)CCCC(C)[C@H]1CC[C@H]2C3C(O)C=C4C[C@@H](O)CC[C@]4(C)[C@H]3CC[C@]12C. The summed E-state index contributed by atoms with van der Waals surface area (Å²) in [7, 11) is 0. The Hall–Kier alpha value is -0.380. The molecule has 3 N–H and O–H groups in total. The predicted molar refractivity (Wildman–Crippen MR) is 122 cm³/mol. The number of hydrogen-bond donors (Lipinski definition) is 3. The first-order valence-electron chi connectivity index (χ1n) is 12.9. The Bertz CT molecular complexity index is 644. The summed E-state index contributed by atoms with van der Waals surface area (Å²) in [6.07, 6.45) is 13.2. The van der Waals surface area contributed by atoms with Crippen molar-refractivity contribution in [3.63, 3.8) is 0 Å². The summed E-state index contributed by atoms with van der Waals surface area (Å²) in [6, 6.07) is 0. The monoisotopic (exact) mass is 418 g/mol. The summed E-state index contributed by atoms with van der Waals surface area (Å²) in [5.74, 6) is 3.54. The lowest BCUT2D eigenvalue weighted by Crippen LogP contribution is -2.54. The molecule has 0 radical (unpaired) electrons. The van der Waals surface area contributed by atoms with Crippen LogP contribution in [0.3, 0.4) is 0 Å². The van der Waals surface area contributed by atoms with Crippen molar-refractivity contribution in [2.45, 2.75) is 104 Å². The van der Waals surface area contributed by atoms with Gasteiger partial charge in [0.25, 0.3) is 0 Å². The lowest BCUT2D eigenvalue weighted by atomic mass is 9.46. The number of rotatable bonds is 6. The molecular weight excluding hydrogens is 372 g/mol. The van der Waals surface area contributed by atoms with Gasteiger partial charge in [-0.25, -0.2) is 0 Å². The van der Waals surface area contributed by atoms with Crippen LogP contribution in [0.1, 0.15) is 91.9 Å². The van der Waals surface area contributed by atoms with Gasteiger partial charge in [0.05, 0.1) is 12.2 Å². The molecule has 0 aromatic carbocycles. The van der Waals surface area contributed by atoms with Crippen LogP contribution in [0.2, 0.25) is 0 Å². The van der Waals surface area contributed by atoms with Crippen molar-refractivity contribution in [3.05, 3.63) is 11.6 Å². The molecule has 0 bridgehead atoms. The molecule has 172 valence electrons. The molecular formula is C27H46O3. The van der Waals surface area contributed by atoms with Crippen molar-refractivity contribution >= 4 is 0 Å². The minimum Gasteiger partial charge on any atom is -0.396 e. The minimum absolute atomic E-state index is 0.189. The highest BCUT2D eigenvalue weighted by Crippen LogP contribution is 2.67. The van der Waals surface area contributed by atoms with Gasteiger partial charge >= 0.3 is 0 Å². The van der Waals surface area contributed by atoms with Crippen LogP contribution < -0.4 is 0 Å². The fourth-order valence-electron chi connectivity index (χ4n) is 8.69. The van der Waals surface area contributed by atoms with Crippen molar-refractivity contribution in [2.24, 2.45) is 46.3 Å². The Labute approximate surface area is 184 Å². The van der Waals surface area contributed by atoms with Gasteiger partial charge in [0.15, 0.2) is 0 Å². The minimum atomic E-state index is -0.326. The zero-order chi connectivity index (χ0) is 21.7. The molecule has 0 aromatic rings. The Balaban J connectivity index is 1.50. The molecule has 0 heterocycles. The van der Waals surface area contributed by atoms with Crippen LogP contribution in [-0.2, 0) is 0 Å². The highest BCUT2D eigenvalue weighted by molar-refractivity contribution is 5.27. The van der Waals surface area contributed by atoms with Gasteiger partial charge in [-0.3, -0.25) is 0 Å². The third-order valence-electron chi connectivity index (χ3n) is 10.5. The fraction of sp³-hybridized carbons (Fsp3) is 0.926. The second-order valence-electron chi connectivity index (χ2n) is 12.2.